The number of furan rings is 1. The lowest BCUT2D eigenvalue weighted by Gasteiger charge is -2.35. The van der Waals surface area contributed by atoms with Crippen LogP contribution in [0.3, 0.4) is 0 Å². The second-order valence-corrected chi connectivity index (χ2v) is 8.55. The van der Waals surface area contributed by atoms with Crippen molar-refractivity contribution in [2.24, 2.45) is 0 Å². The number of carbonyl (C=O) groups excluding carboxylic acids is 1. The number of aromatic nitrogens is 3. The van der Waals surface area contributed by atoms with Crippen molar-refractivity contribution in [2.45, 2.75) is 24.8 Å². The van der Waals surface area contributed by atoms with Crippen LogP contribution in [0, 0.1) is 0 Å². The van der Waals surface area contributed by atoms with Crippen molar-refractivity contribution in [3.63, 3.8) is 0 Å². The van der Waals surface area contributed by atoms with Crippen LogP contribution in [0.5, 0.6) is 0 Å². The summed E-state index contributed by atoms with van der Waals surface area (Å²) >= 11 is 0. The van der Waals surface area contributed by atoms with E-state index in [1.165, 1.54) is 0 Å². The van der Waals surface area contributed by atoms with Crippen molar-refractivity contribution in [1.82, 2.24) is 14.5 Å². The van der Waals surface area contributed by atoms with Gasteiger partial charge in [0.1, 0.15) is 5.76 Å². The van der Waals surface area contributed by atoms with Crippen LogP contribution in [-0.2, 0) is 4.79 Å². The number of hydrogen-bond donors (Lipinski definition) is 2. The first-order valence-corrected chi connectivity index (χ1v) is 10.9. The molecule has 3 aromatic heterocycles. The Hall–Kier alpha value is -4.06. The van der Waals surface area contributed by atoms with Crippen LogP contribution in [0.1, 0.15) is 36.1 Å². The van der Waals surface area contributed by atoms with E-state index in [2.05, 4.69) is 33.1 Å². The molecule has 32 heavy (non-hydrogen) atoms. The van der Waals surface area contributed by atoms with E-state index in [0.29, 0.717) is 6.42 Å². The normalized spacial score (nSPS) is 20.4. The van der Waals surface area contributed by atoms with Gasteiger partial charge in [-0.05, 0) is 36.8 Å². The minimum Gasteiger partial charge on any atom is -0.469 e. The first kappa shape index (κ1) is 17.6. The third-order valence-electron chi connectivity index (χ3n) is 6.76. The minimum atomic E-state index is -0.241. The van der Waals surface area contributed by atoms with Crippen LogP contribution in [0.4, 0.5) is 5.95 Å². The Morgan fingerprint density at radius 3 is 2.78 bits per heavy atom. The van der Waals surface area contributed by atoms with Crippen molar-refractivity contribution in [3.05, 3.63) is 95.7 Å². The highest BCUT2D eigenvalue weighted by Crippen LogP contribution is 2.47. The number of fused-ring (bicyclic) bond motifs is 4. The number of allylic oxidation sites excluding steroid dienone is 2. The maximum Gasteiger partial charge on any atom is 0.209 e. The number of nitrogens with zero attached hydrogens (tertiary/aromatic N) is 2. The number of imidazole rings is 1. The van der Waals surface area contributed by atoms with Crippen LogP contribution >= 0.6 is 0 Å². The first-order valence-electron chi connectivity index (χ1n) is 10.9. The van der Waals surface area contributed by atoms with Crippen LogP contribution < -0.4 is 5.32 Å². The summed E-state index contributed by atoms with van der Waals surface area (Å²) in [4.78, 5) is 21.9. The van der Waals surface area contributed by atoms with E-state index < -0.39 is 0 Å². The zero-order valence-corrected chi connectivity index (χ0v) is 17.2. The van der Waals surface area contributed by atoms with Gasteiger partial charge in [0.2, 0.25) is 5.95 Å². The highest BCUT2D eigenvalue weighted by atomic mass is 16.3. The van der Waals surface area contributed by atoms with Crippen LogP contribution in [-0.4, -0.2) is 20.3 Å². The van der Waals surface area contributed by atoms with Crippen LogP contribution in [0.15, 0.2) is 88.8 Å². The molecule has 2 aromatic carbocycles. The molecule has 1 aliphatic heterocycles. The number of anilines is 1. The lowest BCUT2D eigenvalue weighted by atomic mass is 9.79. The predicted octanol–water partition coefficient (Wildman–Crippen LogP) is 5.53. The Morgan fingerprint density at radius 2 is 1.88 bits per heavy atom. The van der Waals surface area contributed by atoms with Gasteiger partial charge in [0.15, 0.2) is 5.78 Å². The Bertz CT molecular complexity index is 1540. The summed E-state index contributed by atoms with van der Waals surface area (Å²) in [6, 6.07) is 19.9. The molecule has 0 spiro atoms. The fourth-order valence-corrected chi connectivity index (χ4v) is 5.36. The quantitative estimate of drug-likeness (QED) is 0.394. The summed E-state index contributed by atoms with van der Waals surface area (Å²) in [5, 5.41) is 4.63. The molecule has 5 aromatic rings. The molecule has 6 nitrogen and oxygen atoms in total. The van der Waals surface area contributed by atoms with Gasteiger partial charge in [-0.2, -0.15) is 0 Å². The van der Waals surface area contributed by atoms with E-state index in [0.717, 1.165) is 56.9 Å². The number of hydrogen-bond acceptors (Lipinski definition) is 4. The molecule has 0 unspecified atom stereocenters. The summed E-state index contributed by atoms with van der Waals surface area (Å²) in [5.41, 5.74) is 5.84. The number of nitrogens with one attached hydrogen (secondary N) is 2. The Balaban J connectivity index is 1.48. The fourth-order valence-electron chi connectivity index (χ4n) is 5.36. The molecular weight excluding hydrogens is 400 g/mol. The molecular formula is C26H20N4O2. The smallest absolute Gasteiger partial charge is 0.209 e. The molecule has 4 heterocycles. The molecule has 0 radical (unpaired) electrons. The van der Waals surface area contributed by atoms with Gasteiger partial charge < -0.3 is 14.7 Å². The third-order valence-corrected chi connectivity index (χ3v) is 6.76. The number of Topliss-reactive ketones (excluding diaryl/α,β-unsaturated/α-hetero) is 1. The number of rotatable bonds is 2. The molecule has 1 aliphatic carbocycles. The number of para-hydroxylation sites is 3. The summed E-state index contributed by atoms with van der Waals surface area (Å²) in [6.07, 6.45) is 4.87. The third kappa shape index (κ3) is 2.40. The lowest BCUT2D eigenvalue weighted by molar-refractivity contribution is -0.116. The average molecular weight is 420 g/mol. The standard InChI is InChI=1S/C26H20N4O2/c31-22-13-15(23-10-5-11-32-23)12-20-24(22)25(17-14-27-18-7-2-1-6-16(17)18)30-21-9-4-3-8-19(21)28-26(30)29-20/h1-11,14-15,25,27H,12-13H2,(H,28,29)/t15-,25+/m0/s1. The van der Waals surface area contributed by atoms with E-state index in [1.807, 2.05) is 48.7 Å². The highest BCUT2D eigenvalue weighted by molar-refractivity contribution is 6.02. The summed E-state index contributed by atoms with van der Waals surface area (Å²) in [7, 11) is 0. The SMILES string of the molecule is O=C1C[C@@H](c2ccco2)CC2=C1[C@@H](c1c[nH]c3ccccc13)n1c(nc3ccccc31)N2. The number of benzene rings is 2. The van der Waals surface area contributed by atoms with Gasteiger partial charge in [0.25, 0.3) is 0 Å². The molecule has 0 saturated carbocycles. The van der Waals surface area contributed by atoms with E-state index in [4.69, 9.17) is 9.40 Å². The van der Waals surface area contributed by atoms with Crippen molar-refractivity contribution in [2.75, 3.05) is 5.32 Å². The molecule has 2 atom stereocenters. The van der Waals surface area contributed by atoms with Crippen molar-refractivity contribution in [1.29, 1.82) is 0 Å². The largest absolute Gasteiger partial charge is 0.469 e. The second kappa shape index (κ2) is 6.47. The molecule has 2 N–H and O–H groups in total. The summed E-state index contributed by atoms with van der Waals surface area (Å²) in [5.74, 6) is 1.81. The number of H-pyrrole nitrogens is 1. The minimum absolute atomic E-state index is 0.0308. The van der Waals surface area contributed by atoms with E-state index >= 15 is 0 Å². The van der Waals surface area contributed by atoms with Crippen molar-refractivity contribution < 1.29 is 9.21 Å². The molecule has 0 saturated heterocycles. The molecule has 0 amide bonds. The highest BCUT2D eigenvalue weighted by Gasteiger charge is 2.40. The Morgan fingerprint density at radius 1 is 1.00 bits per heavy atom. The van der Waals surface area contributed by atoms with Gasteiger partial charge in [-0.25, -0.2) is 4.98 Å². The summed E-state index contributed by atoms with van der Waals surface area (Å²) in [6.45, 7) is 0. The number of carbonyl (C=O) groups is 1. The van der Waals surface area contributed by atoms with E-state index in [1.54, 1.807) is 6.26 Å². The molecule has 156 valence electrons. The Labute approximate surface area is 183 Å². The second-order valence-electron chi connectivity index (χ2n) is 8.55. The average Bonchev–Trinajstić information content (AvgIpc) is 3.55. The van der Waals surface area contributed by atoms with Crippen molar-refractivity contribution in [3.8, 4) is 0 Å². The molecule has 2 aliphatic rings. The van der Waals surface area contributed by atoms with Gasteiger partial charge in [0.05, 0.1) is 23.3 Å². The van der Waals surface area contributed by atoms with Gasteiger partial charge in [0, 0.05) is 46.3 Å². The molecule has 7 rings (SSSR count). The topological polar surface area (TPSA) is 75.8 Å². The van der Waals surface area contributed by atoms with Crippen molar-refractivity contribution >= 4 is 33.7 Å². The zero-order valence-electron chi connectivity index (χ0n) is 17.2. The van der Waals surface area contributed by atoms with Gasteiger partial charge in [-0.3, -0.25) is 9.36 Å². The number of aromatic amines is 1. The fraction of sp³-hybridized carbons (Fsp3) is 0.154. The van der Waals surface area contributed by atoms with Gasteiger partial charge in [-0.1, -0.05) is 30.3 Å². The zero-order chi connectivity index (χ0) is 21.2. The Kier molecular flexibility index (Phi) is 3.56. The molecule has 0 bridgehead atoms. The number of ketones is 1. The molecule has 0 fully saturated rings. The van der Waals surface area contributed by atoms with Crippen LogP contribution in [0.25, 0.3) is 21.9 Å². The predicted molar refractivity (Wildman–Crippen MR) is 123 cm³/mol. The van der Waals surface area contributed by atoms with E-state index in [9.17, 15) is 4.79 Å². The van der Waals surface area contributed by atoms with Crippen LogP contribution in [0.2, 0.25) is 0 Å². The monoisotopic (exact) mass is 420 g/mol. The maximum absolute atomic E-state index is 13.7. The lowest BCUT2D eigenvalue weighted by Crippen LogP contribution is -2.33. The maximum atomic E-state index is 13.7. The van der Waals surface area contributed by atoms with Gasteiger partial charge in [-0.15, -0.1) is 0 Å². The molecule has 6 heteroatoms. The van der Waals surface area contributed by atoms with E-state index in [-0.39, 0.29) is 17.7 Å². The first-order chi connectivity index (χ1) is 15.8. The van der Waals surface area contributed by atoms with Gasteiger partial charge >= 0.3 is 0 Å². The summed E-state index contributed by atoms with van der Waals surface area (Å²) < 4.78 is 7.82.